The Hall–Kier alpha value is -1.10. The van der Waals surface area contributed by atoms with Crippen LogP contribution in [0.5, 0.6) is 5.75 Å². The molecule has 0 spiro atoms. The molecule has 1 aromatic rings. The lowest BCUT2D eigenvalue weighted by atomic mass is 10.1. The third kappa shape index (κ3) is 7.25. The van der Waals surface area contributed by atoms with E-state index in [0.29, 0.717) is 12.2 Å². The highest BCUT2D eigenvalue weighted by atomic mass is 16.5. The molecule has 2 rings (SSSR count). The molecule has 1 saturated carbocycles. The average Bonchev–Trinajstić information content (AvgIpc) is 3.02. The van der Waals surface area contributed by atoms with Gasteiger partial charge >= 0.3 is 0 Å². The molecule has 1 aliphatic carbocycles. The van der Waals surface area contributed by atoms with E-state index in [0.717, 1.165) is 5.56 Å². The van der Waals surface area contributed by atoms with Crippen LogP contribution in [-0.2, 0) is 11.2 Å². The highest BCUT2D eigenvalue weighted by Gasteiger charge is 2.20. The van der Waals surface area contributed by atoms with Crippen molar-refractivity contribution in [2.45, 2.75) is 45.0 Å². The average molecular weight is 320 g/mol. The minimum atomic E-state index is -3.14. The zero-order valence-corrected chi connectivity index (χ0v) is 12.2. The normalized spacial score (nSPS) is 31.7. The molecule has 0 aliphatic heterocycles. The molecule has 1 aliphatic rings. The number of nitrogens with one attached hydrogen (secondary N) is 1. The summed E-state index contributed by atoms with van der Waals surface area (Å²) in [6.07, 6.45) is -5.34. The van der Waals surface area contributed by atoms with Gasteiger partial charge in [-0.25, -0.2) is 0 Å². The van der Waals surface area contributed by atoms with Crippen LogP contribution in [0.3, 0.4) is 0 Å². The van der Waals surface area contributed by atoms with Gasteiger partial charge in [0.1, 0.15) is 18.5 Å². The van der Waals surface area contributed by atoms with Gasteiger partial charge in [-0.2, -0.15) is 0 Å². The molecule has 0 saturated heterocycles. The van der Waals surface area contributed by atoms with E-state index < -0.39 is 51.0 Å². The third-order valence-electron chi connectivity index (χ3n) is 2.96. The van der Waals surface area contributed by atoms with Crippen molar-refractivity contribution < 1.29 is 31.0 Å². The van der Waals surface area contributed by atoms with Crippen LogP contribution in [0.4, 0.5) is 0 Å². The van der Waals surface area contributed by atoms with E-state index in [2.05, 4.69) is 5.32 Å². The third-order valence-corrected chi connectivity index (χ3v) is 2.96. The molecule has 0 bridgehead atoms. The lowest BCUT2D eigenvalue weighted by Crippen LogP contribution is -2.35. The molecular weight excluding hydrogens is 278 g/mol. The van der Waals surface area contributed by atoms with Gasteiger partial charge in [-0.05, 0) is 42.8 Å². The van der Waals surface area contributed by atoms with Crippen molar-refractivity contribution >= 4 is 0 Å². The molecule has 0 heterocycles. The van der Waals surface area contributed by atoms with Gasteiger partial charge in [0.2, 0.25) is 0 Å². The summed E-state index contributed by atoms with van der Waals surface area (Å²) in [5.41, 5.74) is 0.838. The first-order valence-electron chi connectivity index (χ1n) is 13.0. The molecule has 0 radical (unpaired) electrons. The van der Waals surface area contributed by atoms with Crippen molar-refractivity contribution in [3.63, 3.8) is 0 Å². The van der Waals surface area contributed by atoms with Gasteiger partial charge in [0.05, 0.1) is 6.61 Å². The molecule has 1 atom stereocenters. The number of aliphatic hydroxyl groups excluding tert-OH is 1. The van der Waals surface area contributed by atoms with E-state index in [-0.39, 0.29) is 19.8 Å². The Morgan fingerprint density at radius 3 is 2.91 bits per heavy atom. The zero-order valence-electron chi connectivity index (χ0n) is 24.2. The molecule has 2 N–H and O–H groups in total. The molecule has 4 nitrogen and oxygen atoms in total. The van der Waals surface area contributed by atoms with Crippen LogP contribution in [0.2, 0.25) is 0 Å². The maximum Gasteiger partial charge on any atom is 0.119 e. The Morgan fingerprint density at radius 1 is 1.45 bits per heavy atom. The fourth-order valence-electron chi connectivity index (χ4n) is 1.70. The quantitative estimate of drug-likeness (QED) is 0.615. The number of aliphatic hydroxyl groups is 1. The van der Waals surface area contributed by atoms with Crippen LogP contribution in [0.15, 0.2) is 24.3 Å². The van der Waals surface area contributed by atoms with E-state index in [1.165, 1.54) is 0 Å². The summed E-state index contributed by atoms with van der Waals surface area (Å²) >= 11 is 0. The predicted molar refractivity (Wildman–Crippen MR) is 88.3 cm³/mol. The number of hydrogen-bond donors (Lipinski definition) is 2. The van der Waals surface area contributed by atoms with Gasteiger partial charge in [-0.1, -0.05) is 25.8 Å². The maximum absolute atomic E-state index is 10.0. The monoisotopic (exact) mass is 319 g/mol. The van der Waals surface area contributed by atoms with Crippen molar-refractivity contribution in [3.05, 3.63) is 29.8 Å². The molecule has 0 aromatic heterocycles. The molecule has 1 fully saturated rings. The lowest BCUT2D eigenvalue weighted by Gasteiger charge is -2.15. The number of benzene rings is 1. The largest absolute Gasteiger partial charge is 0.491 e. The number of rotatable bonds is 11. The topological polar surface area (TPSA) is 50.7 Å². The summed E-state index contributed by atoms with van der Waals surface area (Å²) in [5.74, 6) is -1.53. The van der Waals surface area contributed by atoms with Crippen molar-refractivity contribution in [3.8, 4) is 5.75 Å². The summed E-state index contributed by atoms with van der Waals surface area (Å²) in [4.78, 5) is 0. The summed E-state index contributed by atoms with van der Waals surface area (Å²) < 4.78 is 101. The Bertz CT molecular complexity index is 797. The van der Waals surface area contributed by atoms with Gasteiger partial charge in [-0.15, -0.1) is 0 Å². The number of hydrogen-bond acceptors (Lipinski definition) is 4. The van der Waals surface area contributed by atoms with E-state index in [9.17, 15) is 5.11 Å². The molecule has 0 amide bonds. The molecule has 4 heteroatoms. The van der Waals surface area contributed by atoms with Gasteiger partial charge in [0, 0.05) is 35.6 Å². The minimum Gasteiger partial charge on any atom is -0.491 e. The maximum atomic E-state index is 10.0. The second-order valence-electron chi connectivity index (χ2n) is 4.90. The van der Waals surface area contributed by atoms with Crippen molar-refractivity contribution in [1.29, 1.82) is 0 Å². The minimum absolute atomic E-state index is 0.166. The summed E-state index contributed by atoms with van der Waals surface area (Å²) in [6.45, 7) is -7.24. The SMILES string of the molecule is [2H]C([2H])([2H])C([2H])(NCC(O)COc1ccc(CCOCC2([2H])C([2H])([2H])C2([2H])[2H])cc1)C([2H])([2H])[2H]. The van der Waals surface area contributed by atoms with Gasteiger partial charge < -0.3 is 19.9 Å². The number of ether oxygens (including phenoxy) is 2. The molecule has 1 unspecified atom stereocenters. The van der Waals surface area contributed by atoms with Crippen LogP contribution < -0.4 is 10.1 Å². The van der Waals surface area contributed by atoms with Crippen molar-refractivity contribution in [2.75, 3.05) is 26.4 Å². The summed E-state index contributed by atoms with van der Waals surface area (Å²) in [7, 11) is 0. The van der Waals surface area contributed by atoms with Gasteiger partial charge in [0.15, 0.2) is 0 Å². The van der Waals surface area contributed by atoms with Gasteiger partial charge in [0.25, 0.3) is 0 Å². The standard InChI is InChI=1S/C18H29NO3/c1-14(2)19-11-17(20)13-22-18-7-5-15(6-8-18)9-10-21-12-16-3-4-16/h5-8,14,16-17,19-20H,3-4,9-13H2,1-2H3/i1D3,2D3,3D2,4D2,14D,16D. The van der Waals surface area contributed by atoms with Crippen molar-refractivity contribution in [1.82, 2.24) is 5.32 Å². The molecule has 124 valence electrons. The van der Waals surface area contributed by atoms with Gasteiger partial charge in [-0.3, -0.25) is 0 Å². The van der Waals surface area contributed by atoms with E-state index in [4.69, 9.17) is 25.9 Å². The predicted octanol–water partition coefficient (Wildman–Crippen LogP) is 2.39. The molecular formula is C18H29NO3. The van der Waals surface area contributed by atoms with E-state index >= 15 is 0 Å². The first kappa shape index (κ1) is 7.20. The molecule has 1 aromatic carbocycles. The first-order chi connectivity index (χ1) is 15.3. The highest BCUT2D eigenvalue weighted by Crippen LogP contribution is 2.28. The highest BCUT2D eigenvalue weighted by molar-refractivity contribution is 5.27. The smallest absolute Gasteiger partial charge is 0.119 e. The zero-order chi connectivity index (χ0) is 26.2. The Morgan fingerprint density at radius 2 is 2.23 bits per heavy atom. The fraction of sp³-hybridized carbons (Fsp3) is 0.667. The van der Waals surface area contributed by atoms with E-state index in [1.54, 1.807) is 24.3 Å². The Kier molecular flexibility index (Phi) is 2.99. The molecule has 22 heavy (non-hydrogen) atoms. The van der Waals surface area contributed by atoms with Crippen LogP contribution in [0.25, 0.3) is 0 Å². The Labute approximate surface area is 150 Å². The Balaban J connectivity index is 1.75. The second-order valence-corrected chi connectivity index (χ2v) is 4.90. The van der Waals surface area contributed by atoms with Crippen molar-refractivity contribution in [2.24, 2.45) is 5.89 Å². The second kappa shape index (κ2) is 9.13. The summed E-state index contributed by atoms with van der Waals surface area (Å²) in [6, 6.07) is 3.72. The van der Waals surface area contributed by atoms with Crippen LogP contribution in [0.1, 0.15) is 48.5 Å². The summed E-state index contributed by atoms with van der Waals surface area (Å²) in [5, 5.41) is 12.1. The van der Waals surface area contributed by atoms with Crippen LogP contribution >= 0.6 is 0 Å². The first-order valence-corrected chi connectivity index (χ1v) is 7.03. The fourth-order valence-corrected chi connectivity index (χ4v) is 1.70. The van der Waals surface area contributed by atoms with E-state index in [1.807, 2.05) is 0 Å². The lowest BCUT2D eigenvalue weighted by molar-refractivity contribution is 0.104. The van der Waals surface area contributed by atoms with Crippen LogP contribution in [0, 0.1) is 5.89 Å². The van der Waals surface area contributed by atoms with Crippen LogP contribution in [-0.4, -0.2) is 43.6 Å².